The lowest BCUT2D eigenvalue weighted by molar-refractivity contribution is -0.186. The SMILES string of the molecule is CC(N)C1OCCCO1. The van der Waals surface area contributed by atoms with Crippen LogP contribution < -0.4 is 5.73 Å². The van der Waals surface area contributed by atoms with Crippen molar-refractivity contribution in [3.05, 3.63) is 0 Å². The molecule has 0 aromatic rings. The molecular formula is C6H13NO2. The highest BCUT2D eigenvalue weighted by Crippen LogP contribution is 2.06. The lowest BCUT2D eigenvalue weighted by atomic mass is 10.3. The Labute approximate surface area is 55.1 Å². The zero-order valence-electron chi connectivity index (χ0n) is 5.67. The van der Waals surface area contributed by atoms with Crippen molar-refractivity contribution >= 4 is 0 Å². The van der Waals surface area contributed by atoms with Gasteiger partial charge in [0.1, 0.15) is 0 Å². The summed E-state index contributed by atoms with van der Waals surface area (Å²) in [6.07, 6.45) is 0.821. The van der Waals surface area contributed by atoms with Crippen molar-refractivity contribution in [1.29, 1.82) is 0 Å². The van der Waals surface area contributed by atoms with E-state index in [1.165, 1.54) is 0 Å². The zero-order valence-corrected chi connectivity index (χ0v) is 5.67. The molecule has 3 nitrogen and oxygen atoms in total. The van der Waals surface area contributed by atoms with E-state index < -0.39 is 0 Å². The van der Waals surface area contributed by atoms with Gasteiger partial charge in [-0.05, 0) is 13.3 Å². The van der Waals surface area contributed by atoms with E-state index in [1.807, 2.05) is 6.92 Å². The predicted molar refractivity (Wildman–Crippen MR) is 34.0 cm³/mol. The van der Waals surface area contributed by atoms with Gasteiger partial charge in [-0.1, -0.05) is 0 Å². The monoisotopic (exact) mass is 131 g/mol. The van der Waals surface area contributed by atoms with Crippen LogP contribution in [0.1, 0.15) is 13.3 Å². The molecule has 0 bridgehead atoms. The molecular weight excluding hydrogens is 118 g/mol. The maximum atomic E-state index is 5.52. The lowest BCUT2D eigenvalue weighted by Gasteiger charge is -2.25. The zero-order chi connectivity index (χ0) is 6.69. The molecule has 0 spiro atoms. The van der Waals surface area contributed by atoms with Crippen LogP contribution in [0, 0.1) is 0 Å². The molecule has 1 unspecified atom stereocenters. The predicted octanol–water partition coefficient (Wildman–Crippen LogP) is 0.0966. The van der Waals surface area contributed by atoms with Crippen LogP contribution in [0.4, 0.5) is 0 Å². The van der Waals surface area contributed by atoms with Crippen LogP contribution in [0.5, 0.6) is 0 Å². The molecule has 1 fully saturated rings. The Balaban J connectivity index is 2.23. The molecule has 2 N–H and O–H groups in total. The van der Waals surface area contributed by atoms with E-state index in [0.717, 1.165) is 19.6 Å². The van der Waals surface area contributed by atoms with Crippen LogP contribution in [0.3, 0.4) is 0 Å². The first-order valence-electron chi connectivity index (χ1n) is 3.29. The standard InChI is InChI=1S/C6H13NO2/c1-5(7)6-8-3-2-4-9-6/h5-6H,2-4,7H2,1H3. The van der Waals surface area contributed by atoms with Gasteiger partial charge in [0.2, 0.25) is 0 Å². The van der Waals surface area contributed by atoms with E-state index in [9.17, 15) is 0 Å². The molecule has 1 atom stereocenters. The molecule has 0 aromatic carbocycles. The van der Waals surface area contributed by atoms with Gasteiger partial charge in [0.05, 0.1) is 19.3 Å². The van der Waals surface area contributed by atoms with Crippen LogP contribution in [-0.2, 0) is 9.47 Å². The number of hydrogen-bond acceptors (Lipinski definition) is 3. The van der Waals surface area contributed by atoms with Crippen molar-refractivity contribution in [3.8, 4) is 0 Å². The summed E-state index contributed by atoms with van der Waals surface area (Å²) in [6, 6.07) is -0.00898. The summed E-state index contributed by atoms with van der Waals surface area (Å²) in [6.45, 7) is 3.45. The first-order valence-corrected chi connectivity index (χ1v) is 3.29. The van der Waals surface area contributed by atoms with Crippen molar-refractivity contribution in [3.63, 3.8) is 0 Å². The fourth-order valence-electron chi connectivity index (χ4n) is 0.810. The molecule has 0 saturated carbocycles. The molecule has 0 amide bonds. The van der Waals surface area contributed by atoms with E-state index >= 15 is 0 Å². The van der Waals surface area contributed by atoms with E-state index in [0.29, 0.717) is 0 Å². The highest BCUT2D eigenvalue weighted by molar-refractivity contribution is 4.61. The van der Waals surface area contributed by atoms with Crippen molar-refractivity contribution < 1.29 is 9.47 Å². The van der Waals surface area contributed by atoms with Gasteiger partial charge in [0, 0.05) is 0 Å². The second kappa shape index (κ2) is 3.15. The third-order valence-corrected chi connectivity index (χ3v) is 1.28. The van der Waals surface area contributed by atoms with Crippen LogP contribution in [0.2, 0.25) is 0 Å². The van der Waals surface area contributed by atoms with E-state index in [-0.39, 0.29) is 12.3 Å². The number of ether oxygens (including phenoxy) is 2. The first-order chi connectivity index (χ1) is 4.30. The van der Waals surface area contributed by atoms with E-state index in [1.54, 1.807) is 0 Å². The van der Waals surface area contributed by atoms with Crippen molar-refractivity contribution in [2.45, 2.75) is 25.7 Å². The summed E-state index contributed by atoms with van der Waals surface area (Å²) in [5, 5.41) is 0. The largest absolute Gasteiger partial charge is 0.351 e. The summed E-state index contributed by atoms with van der Waals surface area (Å²) in [4.78, 5) is 0. The number of nitrogens with two attached hydrogens (primary N) is 1. The smallest absolute Gasteiger partial charge is 0.172 e. The minimum atomic E-state index is -0.168. The topological polar surface area (TPSA) is 44.5 Å². The third kappa shape index (κ3) is 1.93. The third-order valence-electron chi connectivity index (χ3n) is 1.28. The average Bonchev–Trinajstić information content (AvgIpc) is 1.90. The molecule has 0 aromatic heterocycles. The fraction of sp³-hybridized carbons (Fsp3) is 1.00. The normalized spacial score (nSPS) is 26.0. The Bertz CT molecular complexity index is 79.1. The summed E-state index contributed by atoms with van der Waals surface area (Å²) in [7, 11) is 0. The van der Waals surface area contributed by atoms with Crippen LogP contribution in [-0.4, -0.2) is 25.5 Å². The van der Waals surface area contributed by atoms with E-state index in [4.69, 9.17) is 15.2 Å². The molecule has 0 aliphatic carbocycles. The summed E-state index contributed by atoms with van der Waals surface area (Å²) < 4.78 is 10.4. The Morgan fingerprint density at radius 1 is 1.44 bits per heavy atom. The first kappa shape index (κ1) is 6.99. The summed E-state index contributed by atoms with van der Waals surface area (Å²) in [5.41, 5.74) is 5.52. The summed E-state index contributed by atoms with van der Waals surface area (Å²) >= 11 is 0. The van der Waals surface area contributed by atoms with Gasteiger partial charge < -0.3 is 15.2 Å². The lowest BCUT2D eigenvalue weighted by Crippen LogP contribution is -2.39. The van der Waals surface area contributed by atoms with Gasteiger partial charge in [0.25, 0.3) is 0 Å². The van der Waals surface area contributed by atoms with Crippen LogP contribution in [0.15, 0.2) is 0 Å². The second-order valence-corrected chi connectivity index (χ2v) is 2.32. The number of hydrogen-bond donors (Lipinski definition) is 1. The van der Waals surface area contributed by atoms with Crippen molar-refractivity contribution in [1.82, 2.24) is 0 Å². The summed E-state index contributed by atoms with van der Waals surface area (Å²) in [5.74, 6) is 0. The molecule has 1 aliphatic rings. The molecule has 1 aliphatic heterocycles. The van der Waals surface area contributed by atoms with Crippen molar-refractivity contribution in [2.75, 3.05) is 13.2 Å². The average molecular weight is 131 g/mol. The number of rotatable bonds is 1. The Kier molecular flexibility index (Phi) is 2.45. The van der Waals surface area contributed by atoms with Gasteiger partial charge in [-0.2, -0.15) is 0 Å². The molecule has 3 heteroatoms. The molecule has 0 radical (unpaired) electrons. The molecule has 1 saturated heterocycles. The minimum Gasteiger partial charge on any atom is -0.351 e. The Hall–Kier alpha value is -0.120. The van der Waals surface area contributed by atoms with Gasteiger partial charge in [-0.3, -0.25) is 0 Å². The Morgan fingerprint density at radius 3 is 2.33 bits per heavy atom. The van der Waals surface area contributed by atoms with Crippen LogP contribution in [0.25, 0.3) is 0 Å². The second-order valence-electron chi connectivity index (χ2n) is 2.32. The Morgan fingerprint density at radius 2 is 2.00 bits per heavy atom. The fourth-order valence-corrected chi connectivity index (χ4v) is 0.810. The molecule has 54 valence electrons. The molecule has 9 heavy (non-hydrogen) atoms. The van der Waals surface area contributed by atoms with Crippen LogP contribution >= 0.6 is 0 Å². The molecule has 1 heterocycles. The highest BCUT2D eigenvalue weighted by Gasteiger charge is 2.17. The maximum Gasteiger partial charge on any atom is 0.172 e. The molecule has 1 rings (SSSR count). The maximum absolute atomic E-state index is 5.52. The minimum absolute atomic E-state index is 0.00898. The quantitative estimate of drug-likeness (QED) is 0.548. The van der Waals surface area contributed by atoms with Crippen molar-refractivity contribution in [2.24, 2.45) is 5.73 Å². The van der Waals surface area contributed by atoms with Gasteiger partial charge in [-0.15, -0.1) is 0 Å². The van der Waals surface area contributed by atoms with Gasteiger partial charge in [0.15, 0.2) is 6.29 Å². The highest BCUT2D eigenvalue weighted by atomic mass is 16.7. The van der Waals surface area contributed by atoms with E-state index in [2.05, 4.69) is 0 Å². The van der Waals surface area contributed by atoms with Gasteiger partial charge >= 0.3 is 0 Å². The van der Waals surface area contributed by atoms with Gasteiger partial charge in [-0.25, -0.2) is 0 Å².